The van der Waals surface area contributed by atoms with Crippen LogP contribution in [0.15, 0.2) is 34.9 Å². The van der Waals surface area contributed by atoms with Gasteiger partial charge in [-0.15, -0.1) is 11.3 Å². The molecule has 1 saturated heterocycles. The van der Waals surface area contributed by atoms with Crippen molar-refractivity contribution < 1.29 is 9.32 Å². The minimum Gasteiger partial charge on any atom is -0.349 e. The SMILES string of the molecule is Cc1noc(C23CC(NC(=O)c4sc(C)nc4C)CC2CN(Cc2ccccc2)C3)n1. The standard InChI is InChI=1S/C23H27N5O2S/c1-14-20(31-16(3)24-14)21(29)26-19-9-18-12-28(11-17-7-5-4-6-8-17)13-23(18,10-19)22-25-15(2)27-30-22/h4-8,18-19H,9-13H2,1-3H3,(H,26,29). The number of fused-ring (bicyclic) bond motifs is 1. The van der Waals surface area contributed by atoms with Gasteiger partial charge in [0.15, 0.2) is 5.82 Å². The summed E-state index contributed by atoms with van der Waals surface area (Å²) in [6.07, 6.45) is 1.72. The second kappa shape index (κ2) is 7.84. The zero-order chi connectivity index (χ0) is 21.6. The Labute approximate surface area is 185 Å². The monoisotopic (exact) mass is 437 g/mol. The van der Waals surface area contributed by atoms with Crippen molar-refractivity contribution in [1.29, 1.82) is 0 Å². The first-order valence-electron chi connectivity index (χ1n) is 10.7. The van der Waals surface area contributed by atoms with Crippen LogP contribution in [0.2, 0.25) is 0 Å². The second-order valence-electron chi connectivity index (χ2n) is 8.91. The van der Waals surface area contributed by atoms with Crippen molar-refractivity contribution in [3.05, 3.63) is 63.2 Å². The molecule has 7 nitrogen and oxygen atoms in total. The maximum Gasteiger partial charge on any atom is 0.263 e. The Balaban J connectivity index is 1.36. The fraction of sp³-hybridized carbons (Fsp3) is 0.478. The van der Waals surface area contributed by atoms with Crippen molar-refractivity contribution in [3.63, 3.8) is 0 Å². The average molecular weight is 438 g/mol. The van der Waals surface area contributed by atoms with E-state index in [-0.39, 0.29) is 17.4 Å². The van der Waals surface area contributed by atoms with Crippen molar-refractivity contribution in [1.82, 2.24) is 25.3 Å². The molecule has 2 aliphatic rings. The van der Waals surface area contributed by atoms with Crippen molar-refractivity contribution in [3.8, 4) is 0 Å². The molecule has 1 amide bonds. The van der Waals surface area contributed by atoms with E-state index in [0.29, 0.717) is 22.5 Å². The van der Waals surface area contributed by atoms with Crippen LogP contribution in [-0.4, -0.2) is 45.1 Å². The number of carbonyl (C=O) groups excluding carboxylic acids is 1. The largest absolute Gasteiger partial charge is 0.349 e. The van der Waals surface area contributed by atoms with Gasteiger partial charge in [0.2, 0.25) is 5.89 Å². The van der Waals surface area contributed by atoms with Crippen molar-refractivity contribution in [2.45, 2.75) is 51.6 Å². The summed E-state index contributed by atoms with van der Waals surface area (Å²) in [6.45, 7) is 8.41. The van der Waals surface area contributed by atoms with E-state index >= 15 is 0 Å². The molecule has 1 aromatic carbocycles. The third-order valence-corrected chi connectivity index (χ3v) is 7.66. The zero-order valence-corrected chi connectivity index (χ0v) is 18.9. The number of thiazole rings is 1. The summed E-state index contributed by atoms with van der Waals surface area (Å²) in [4.78, 5) is 25.1. The molecule has 1 aliphatic heterocycles. The number of carbonyl (C=O) groups is 1. The minimum atomic E-state index is -0.216. The van der Waals surface area contributed by atoms with Gasteiger partial charge in [0, 0.05) is 25.7 Å². The van der Waals surface area contributed by atoms with Gasteiger partial charge >= 0.3 is 0 Å². The predicted octanol–water partition coefficient (Wildman–Crippen LogP) is 3.41. The van der Waals surface area contributed by atoms with E-state index in [1.165, 1.54) is 16.9 Å². The maximum atomic E-state index is 12.9. The Bertz CT molecular complexity index is 1090. The van der Waals surface area contributed by atoms with Crippen LogP contribution in [0.3, 0.4) is 0 Å². The molecule has 1 N–H and O–H groups in total. The van der Waals surface area contributed by atoms with Gasteiger partial charge in [-0.2, -0.15) is 4.98 Å². The van der Waals surface area contributed by atoms with Crippen LogP contribution in [0.5, 0.6) is 0 Å². The highest BCUT2D eigenvalue weighted by atomic mass is 32.1. The summed E-state index contributed by atoms with van der Waals surface area (Å²) in [5.41, 5.74) is 1.89. The van der Waals surface area contributed by atoms with Crippen LogP contribution >= 0.6 is 11.3 Å². The van der Waals surface area contributed by atoms with Crippen LogP contribution in [0.4, 0.5) is 0 Å². The molecule has 3 unspecified atom stereocenters. The molecule has 0 spiro atoms. The van der Waals surface area contributed by atoms with Crippen molar-refractivity contribution in [2.75, 3.05) is 13.1 Å². The first kappa shape index (κ1) is 20.3. The lowest BCUT2D eigenvalue weighted by atomic mass is 9.80. The first-order chi connectivity index (χ1) is 14.9. The highest BCUT2D eigenvalue weighted by Crippen LogP contribution is 2.50. The van der Waals surface area contributed by atoms with E-state index < -0.39 is 0 Å². The molecule has 8 heteroatoms. The molecule has 1 saturated carbocycles. The lowest BCUT2D eigenvalue weighted by molar-refractivity contribution is 0.0937. The molecule has 0 radical (unpaired) electrons. The number of benzene rings is 1. The third kappa shape index (κ3) is 3.78. The molecule has 2 aromatic heterocycles. The highest BCUT2D eigenvalue weighted by molar-refractivity contribution is 7.13. The summed E-state index contributed by atoms with van der Waals surface area (Å²) in [5, 5.41) is 8.26. The zero-order valence-electron chi connectivity index (χ0n) is 18.1. The summed E-state index contributed by atoms with van der Waals surface area (Å²) in [6, 6.07) is 10.6. The van der Waals surface area contributed by atoms with Crippen LogP contribution in [0, 0.1) is 26.7 Å². The molecule has 0 bridgehead atoms. The molecule has 31 heavy (non-hydrogen) atoms. The van der Waals surface area contributed by atoms with Crippen LogP contribution < -0.4 is 5.32 Å². The minimum absolute atomic E-state index is 0.0222. The summed E-state index contributed by atoms with van der Waals surface area (Å²) in [5.74, 6) is 1.72. The average Bonchev–Trinajstić information content (AvgIpc) is 3.46. The van der Waals surface area contributed by atoms with Gasteiger partial charge < -0.3 is 9.84 Å². The maximum absolute atomic E-state index is 12.9. The molecule has 3 atom stereocenters. The van der Waals surface area contributed by atoms with Crippen molar-refractivity contribution >= 4 is 17.2 Å². The van der Waals surface area contributed by atoms with Gasteiger partial charge in [-0.25, -0.2) is 4.98 Å². The second-order valence-corrected chi connectivity index (χ2v) is 10.1. The van der Waals surface area contributed by atoms with Crippen molar-refractivity contribution in [2.24, 2.45) is 5.92 Å². The Morgan fingerprint density at radius 3 is 2.74 bits per heavy atom. The van der Waals surface area contributed by atoms with E-state index in [9.17, 15) is 4.79 Å². The number of hydrogen-bond acceptors (Lipinski definition) is 7. The van der Waals surface area contributed by atoms with Gasteiger partial charge in [0.25, 0.3) is 5.91 Å². The fourth-order valence-electron chi connectivity index (χ4n) is 5.37. The van der Waals surface area contributed by atoms with Gasteiger partial charge in [-0.3, -0.25) is 9.69 Å². The lowest BCUT2D eigenvalue weighted by Crippen LogP contribution is -2.38. The molecule has 5 rings (SSSR count). The molecule has 162 valence electrons. The Kier molecular flexibility index (Phi) is 5.14. The van der Waals surface area contributed by atoms with E-state index in [2.05, 4.69) is 49.6 Å². The number of hydrogen-bond donors (Lipinski definition) is 1. The topological polar surface area (TPSA) is 84.2 Å². The lowest BCUT2D eigenvalue weighted by Gasteiger charge is -2.25. The number of amides is 1. The number of aromatic nitrogens is 3. The highest BCUT2D eigenvalue weighted by Gasteiger charge is 2.57. The predicted molar refractivity (Wildman–Crippen MR) is 118 cm³/mol. The molecule has 2 fully saturated rings. The Hall–Kier alpha value is -2.58. The number of nitrogens with zero attached hydrogens (tertiary/aromatic N) is 4. The van der Waals surface area contributed by atoms with E-state index in [0.717, 1.165) is 43.2 Å². The number of likely N-dealkylation sites (tertiary alicyclic amines) is 1. The van der Waals surface area contributed by atoms with Gasteiger partial charge in [0.05, 0.1) is 16.1 Å². The van der Waals surface area contributed by atoms with Crippen LogP contribution in [0.25, 0.3) is 0 Å². The Morgan fingerprint density at radius 1 is 1.26 bits per heavy atom. The van der Waals surface area contributed by atoms with Crippen LogP contribution in [0.1, 0.15) is 50.5 Å². The summed E-state index contributed by atoms with van der Waals surface area (Å²) < 4.78 is 5.70. The quantitative estimate of drug-likeness (QED) is 0.659. The van der Waals surface area contributed by atoms with E-state index in [1.54, 1.807) is 0 Å². The summed E-state index contributed by atoms with van der Waals surface area (Å²) >= 11 is 1.46. The van der Waals surface area contributed by atoms with E-state index in [4.69, 9.17) is 4.52 Å². The smallest absolute Gasteiger partial charge is 0.263 e. The Morgan fingerprint density at radius 2 is 2.06 bits per heavy atom. The molecular formula is C23H27N5O2S. The molecule has 3 heterocycles. The molecular weight excluding hydrogens is 410 g/mol. The van der Waals surface area contributed by atoms with E-state index in [1.807, 2.05) is 26.8 Å². The summed E-state index contributed by atoms with van der Waals surface area (Å²) in [7, 11) is 0. The molecule has 1 aliphatic carbocycles. The normalized spacial score (nSPS) is 25.6. The van der Waals surface area contributed by atoms with Gasteiger partial charge in [-0.05, 0) is 45.1 Å². The van der Waals surface area contributed by atoms with Gasteiger partial charge in [-0.1, -0.05) is 35.5 Å². The van der Waals surface area contributed by atoms with Gasteiger partial charge in [0.1, 0.15) is 4.88 Å². The van der Waals surface area contributed by atoms with Crippen LogP contribution in [-0.2, 0) is 12.0 Å². The first-order valence-corrected chi connectivity index (χ1v) is 11.6. The number of aryl methyl sites for hydroxylation is 3. The fourth-order valence-corrected chi connectivity index (χ4v) is 6.19. The third-order valence-electron chi connectivity index (χ3n) is 6.59. The molecule has 3 aromatic rings. The number of nitrogens with one attached hydrogen (secondary N) is 1. The number of rotatable bonds is 5.